The number of thioether (sulfide) groups is 2. The molecule has 3 fully saturated rings. The van der Waals surface area contributed by atoms with Gasteiger partial charge in [0, 0.05) is 62.6 Å². The lowest BCUT2D eigenvalue weighted by molar-refractivity contribution is -0.163. The van der Waals surface area contributed by atoms with Crippen molar-refractivity contribution >= 4 is 64.8 Å². The summed E-state index contributed by atoms with van der Waals surface area (Å²) in [6, 6.07) is -2.79. The van der Waals surface area contributed by atoms with Crippen molar-refractivity contribution in [3.05, 3.63) is 10.6 Å². The third-order valence-electron chi connectivity index (χ3n) is 11.0. The van der Waals surface area contributed by atoms with Crippen LogP contribution < -0.4 is 5.32 Å². The van der Waals surface area contributed by atoms with Crippen LogP contribution in [0.5, 0.6) is 0 Å². The molecule has 4 amide bonds. The number of hydrogen-bond donors (Lipinski definition) is 5. The Kier molecular flexibility index (Phi) is 11.8. The molecule has 0 aliphatic carbocycles. The van der Waals surface area contributed by atoms with Crippen LogP contribution in [0.25, 0.3) is 0 Å². The van der Waals surface area contributed by atoms with Gasteiger partial charge in [-0.2, -0.15) is 0 Å². The Balaban J connectivity index is 1.39. The molecule has 5 aliphatic heterocycles. The number of aliphatic hydroxyl groups excluding tert-OH is 2. The van der Waals surface area contributed by atoms with Gasteiger partial charge in [-0.1, -0.05) is 13.8 Å². The van der Waals surface area contributed by atoms with E-state index in [1.165, 1.54) is 57.0 Å². The smallest absolute Gasteiger partial charge is 0.353 e. The van der Waals surface area contributed by atoms with Crippen molar-refractivity contribution in [2.24, 2.45) is 28.7 Å². The Morgan fingerprint density at radius 2 is 1.58 bits per heavy atom. The van der Waals surface area contributed by atoms with Gasteiger partial charge < -0.3 is 45.3 Å². The van der Waals surface area contributed by atoms with Gasteiger partial charge in [-0.25, -0.2) is 9.59 Å². The number of likely N-dealkylation sites (tertiary alicyclic amines) is 1. The molecular weight excluding hydrogens is 717 g/mol. The topological polar surface area (TPSA) is 221 Å². The monoisotopic (exact) mass is 766 g/mol. The number of rotatable bonds is 12. The molecule has 3 saturated heterocycles. The van der Waals surface area contributed by atoms with Crippen molar-refractivity contribution in [1.29, 1.82) is 0 Å². The van der Waals surface area contributed by atoms with Crippen LogP contribution in [0.15, 0.2) is 15.6 Å². The zero-order chi connectivity index (χ0) is 38.7. The Hall–Kier alpha value is -3.19. The van der Waals surface area contributed by atoms with E-state index >= 15 is 0 Å². The van der Waals surface area contributed by atoms with Gasteiger partial charge in [0.15, 0.2) is 0 Å². The molecule has 0 aromatic heterocycles. The number of likely N-dealkylation sites (N-methyl/N-ethyl adjacent to an activating group) is 2. The standard InChI is InChI=1S/C34H50N6O10S2/c1-13-23(36-24(33(47)48)27(13)51-17-9-19(35-11-17)29(43)37(5)6)21(15(3)41)31(45)39-12-18(10-20(39)30(44)38(7)8)52-28-14(2)25-22(16(4)42)32(46)40(25)26(28)34(49)50/h13-23,25,27,35,41-42H,9-12H2,1-8H3,(H,47,48)(H,49,50)/t13-,14-,15-,16-,17+,18+,19-,20+,21?,22-,23?,25-,27?/m1/s1. The fourth-order valence-corrected chi connectivity index (χ4v) is 11.5. The van der Waals surface area contributed by atoms with Crippen LogP contribution in [0.3, 0.4) is 0 Å². The van der Waals surface area contributed by atoms with Crippen molar-refractivity contribution in [1.82, 2.24) is 24.9 Å². The van der Waals surface area contributed by atoms with Gasteiger partial charge in [0.1, 0.15) is 17.5 Å². The lowest BCUT2D eigenvalue weighted by Crippen LogP contribution is -2.63. The average Bonchev–Trinajstić information content (AvgIpc) is 3.82. The minimum absolute atomic E-state index is 0.0301. The maximum absolute atomic E-state index is 14.6. The zero-order valence-corrected chi connectivity index (χ0v) is 32.3. The first-order valence-corrected chi connectivity index (χ1v) is 19.4. The summed E-state index contributed by atoms with van der Waals surface area (Å²) in [4.78, 5) is 89.0. The van der Waals surface area contributed by atoms with Gasteiger partial charge in [-0.15, -0.1) is 23.5 Å². The molecule has 5 rings (SSSR count). The molecule has 0 spiro atoms. The van der Waals surface area contributed by atoms with E-state index in [1.807, 2.05) is 0 Å². The minimum atomic E-state index is -1.28. The zero-order valence-electron chi connectivity index (χ0n) is 30.6. The fourth-order valence-electron chi connectivity index (χ4n) is 8.41. The number of hydrogen-bond acceptors (Lipinski definition) is 12. The molecule has 0 saturated carbocycles. The number of carbonyl (C=O) groups excluding carboxylic acids is 4. The highest BCUT2D eigenvalue weighted by Crippen LogP contribution is 2.52. The lowest BCUT2D eigenvalue weighted by Gasteiger charge is -2.46. The minimum Gasteiger partial charge on any atom is -0.477 e. The van der Waals surface area contributed by atoms with E-state index in [0.29, 0.717) is 17.9 Å². The second-order valence-corrected chi connectivity index (χ2v) is 17.8. The average molecular weight is 767 g/mol. The molecule has 18 heteroatoms. The van der Waals surface area contributed by atoms with Crippen molar-refractivity contribution in [3.63, 3.8) is 0 Å². The highest BCUT2D eigenvalue weighted by atomic mass is 32.2. The van der Waals surface area contributed by atoms with Crippen LogP contribution >= 0.6 is 23.5 Å². The first-order chi connectivity index (χ1) is 24.3. The van der Waals surface area contributed by atoms with Crippen molar-refractivity contribution in [3.8, 4) is 0 Å². The van der Waals surface area contributed by atoms with Crippen LogP contribution in [0.4, 0.5) is 0 Å². The van der Waals surface area contributed by atoms with Crippen LogP contribution in [0.2, 0.25) is 0 Å². The number of β-lactam (4-membered cyclic amide) rings is 1. The molecule has 16 nitrogen and oxygen atoms in total. The number of fused-ring (bicyclic) bond motifs is 1. The van der Waals surface area contributed by atoms with Crippen LogP contribution in [-0.4, -0.2) is 175 Å². The normalized spacial score (nSPS) is 34.4. The number of nitrogens with one attached hydrogen (secondary N) is 1. The summed E-state index contributed by atoms with van der Waals surface area (Å²) >= 11 is 2.60. The molecule has 3 unspecified atom stereocenters. The number of aliphatic carboxylic acids is 2. The molecule has 0 aromatic rings. The third kappa shape index (κ3) is 7.08. The number of carboxylic acid groups (broad SMARTS) is 2. The quantitative estimate of drug-likeness (QED) is 0.157. The van der Waals surface area contributed by atoms with E-state index < -0.39 is 94.3 Å². The van der Waals surface area contributed by atoms with Crippen LogP contribution in [0, 0.1) is 23.7 Å². The van der Waals surface area contributed by atoms with E-state index in [2.05, 4.69) is 10.3 Å². The second kappa shape index (κ2) is 15.3. The van der Waals surface area contributed by atoms with Crippen molar-refractivity contribution in [2.45, 2.75) is 92.7 Å². The molecule has 0 bridgehead atoms. The summed E-state index contributed by atoms with van der Waals surface area (Å²) in [6.45, 7) is 7.06. The van der Waals surface area contributed by atoms with E-state index in [-0.39, 0.29) is 41.4 Å². The highest BCUT2D eigenvalue weighted by molar-refractivity contribution is 8.03. The summed E-state index contributed by atoms with van der Waals surface area (Å²) in [5.74, 6) is -6.80. The fraction of sp³-hybridized carbons (Fsp3) is 0.735. The Morgan fingerprint density at radius 1 is 0.942 bits per heavy atom. The molecule has 288 valence electrons. The van der Waals surface area contributed by atoms with Gasteiger partial charge in [0.05, 0.1) is 47.4 Å². The molecule has 5 N–H and O–H groups in total. The summed E-state index contributed by atoms with van der Waals surface area (Å²) in [6.07, 6.45) is -1.56. The molecule has 13 atom stereocenters. The summed E-state index contributed by atoms with van der Waals surface area (Å²) < 4.78 is 0. The van der Waals surface area contributed by atoms with Gasteiger partial charge in [0.25, 0.3) is 0 Å². The van der Waals surface area contributed by atoms with E-state index in [0.717, 1.165) is 0 Å². The highest BCUT2D eigenvalue weighted by Gasteiger charge is 2.61. The molecule has 5 aliphatic rings. The Morgan fingerprint density at radius 3 is 2.12 bits per heavy atom. The number of amides is 4. The van der Waals surface area contributed by atoms with E-state index in [9.17, 15) is 49.2 Å². The number of aliphatic imine (C=N–C) groups is 1. The predicted molar refractivity (Wildman–Crippen MR) is 193 cm³/mol. The molecule has 52 heavy (non-hydrogen) atoms. The molecular formula is C34H50N6O10S2. The SMILES string of the molecule is C[C@H]1C(S[C@@H]2CN[C@@H](C(=O)N(C)C)C2)C(C(=O)O)=NC1C(C(=O)N1C[C@@H](SC2=C(C(=O)O)N3C(=O)[C@H]([C@@H](C)O)[C@H]3[C@H]2C)C[C@H]1C(=O)N(C)C)[C@@H](C)O. The molecule has 0 aromatic carbocycles. The molecule has 0 radical (unpaired) electrons. The van der Waals surface area contributed by atoms with Gasteiger partial charge in [-0.05, 0) is 32.6 Å². The summed E-state index contributed by atoms with van der Waals surface area (Å²) in [7, 11) is 6.47. The van der Waals surface area contributed by atoms with E-state index in [1.54, 1.807) is 42.0 Å². The Bertz CT molecular complexity index is 1570. The number of aliphatic hydroxyl groups is 2. The maximum atomic E-state index is 14.6. The second-order valence-electron chi connectivity index (χ2n) is 15.0. The van der Waals surface area contributed by atoms with Gasteiger partial charge in [-0.3, -0.25) is 24.2 Å². The first-order valence-electron chi connectivity index (χ1n) is 17.5. The van der Waals surface area contributed by atoms with Crippen LogP contribution in [0.1, 0.15) is 40.5 Å². The third-order valence-corrected chi connectivity index (χ3v) is 14.2. The van der Waals surface area contributed by atoms with E-state index in [4.69, 9.17) is 0 Å². The van der Waals surface area contributed by atoms with Crippen molar-refractivity contribution in [2.75, 3.05) is 41.3 Å². The number of carboxylic acids is 2. The van der Waals surface area contributed by atoms with Crippen LogP contribution in [-0.2, 0) is 28.8 Å². The first kappa shape index (κ1) is 40.0. The lowest BCUT2D eigenvalue weighted by atomic mass is 9.79. The summed E-state index contributed by atoms with van der Waals surface area (Å²) in [5, 5.41) is 43.8. The summed E-state index contributed by atoms with van der Waals surface area (Å²) in [5.41, 5.74) is -0.266. The largest absolute Gasteiger partial charge is 0.477 e. The predicted octanol–water partition coefficient (Wildman–Crippen LogP) is -0.608. The van der Waals surface area contributed by atoms with Gasteiger partial charge in [0.2, 0.25) is 23.6 Å². The number of carbonyl (C=O) groups is 6. The Labute approximate surface area is 311 Å². The maximum Gasteiger partial charge on any atom is 0.353 e. The van der Waals surface area contributed by atoms with Gasteiger partial charge >= 0.3 is 11.9 Å². The molecule has 5 heterocycles. The number of nitrogens with zero attached hydrogens (tertiary/aromatic N) is 5. The van der Waals surface area contributed by atoms with Crippen molar-refractivity contribution < 1.29 is 49.2 Å².